The second-order valence-corrected chi connectivity index (χ2v) is 6.58. The van der Waals surface area contributed by atoms with Crippen molar-refractivity contribution in [3.63, 3.8) is 0 Å². The smallest absolute Gasteiger partial charge is 0.337 e. The Morgan fingerprint density at radius 3 is 1.23 bits per heavy atom. The van der Waals surface area contributed by atoms with Crippen molar-refractivity contribution in [3.8, 4) is 0 Å². The molecular formula is C18H38MgO3. The standard InChI is InChI=1S/C18H36O3.Mg.2H/c1-2-3-4-5-6-7-8-9-10-11-12-13-14-15-16-17-18(19)20-21-18;;;/h19H,2-17H2,1H3;;;. The van der Waals surface area contributed by atoms with Crippen LogP contribution in [0.25, 0.3) is 0 Å². The molecule has 0 aromatic rings. The zero-order chi connectivity index (χ0) is 15.2. The zero-order valence-corrected chi connectivity index (χ0v) is 14.1. The van der Waals surface area contributed by atoms with Crippen molar-refractivity contribution in [2.45, 2.75) is 116 Å². The quantitative estimate of drug-likeness (QED) is 0.189. The molecule has 1 saturated heterocycles. The lowest BCUT2D eigenvalue weighted by Gasteiger charge is -2.03. The van der Waals surface area contributed by atoms with Crippen LogP contribution in [0.15, 0.2) is 0 Å². The molecule has 1 fully saturated rings. The predicted octanol–water partition coefficient (Wildman–Crippen LogP) is 4.94. The van der Waals surface area contributed by atoms with E-state index >= 15 is 0 Å². The molecular weight excluding hydrogens is 288 g/mol. The van der Waals surface area contributed by atoms with Crippen LogP contribution in [-0.2, 0) is 9.78 Å². The Morgan fingerprint density at radius 2 is 0.909 bits per heavy atom. The Morgan fingerprint density at radius 1 is 0.591 bits per heavy atom. The summed E-state index contributed by atoms with van der Waals surface area (Å²) in [6, 6.07) is 0. The molecule has 1 heterocycles. The van der Waals surface area contributed by atoms with Crippen LogP contribution in [0.2, 0.25) is 0 Å². The average molecular weight is 327 g/mol. The van der Waals surface area contributed by atoms with Crippen molar-refractivity contribution in [2.75, 3.05) is 0 Å². The summed E-state index contributed by atoms with van der Waals surface area (Å²) in [7, 11) is 0. The van der Waals surface area contributed by atoms with E-state index in [9.17, 15) is 5.11 Å². The van der Waals surface area contributed by atoms with Crippen LogP contribution in [-0.4, -0.2) is 34.1 Å². The van der Waals surface area contributed by atoms with Gasteiger partial charge in [-0.1, -0.05) is 96.8 Å². The highest BCUT2D eigenvalue weighted by Crippen LogP contribution is 2.31. The summed E-state index contributed by atoms with van der Waals surface area (Å²) in [5.74, 6) is -1.21. The summed E-state index contributed by atoms with van der Waals surface area (Å²) < 4.78 is 0. The minimum Gasteiger partial charge on any atom is -0.340 e. The van der Waals surface area contributed by atoms with Gasteiger partial charge >= 0.3 is 29.0 Å². The molecule has 0 atom stereocenters. The number of hydrogen-bond donors (Lipinski definition) is 1. The lowest BCUT2D eigenvalue weighted by Crippen LogP contribution is -2.07. The van der Waals surface area contributed by atoms with Crippen molar-refractivity contribution in [3.05, 3.63) is 0 Å². The van der Waals surface area contributed by atoms with Gasteiger partial charge in [-0.15, -0.1) is 0 Å². The largest absolute Gasteiger partial charge is 0.340 e. The minimum atomic E-state index is -1.21. The van der Waals surface area contributed by atoms with Crippen molar-refractivity contribution in [1.29, 1.82) is 0 Å². The third kappa shape index (κ3) is 14.3. The van der Waals surface area contributed by atoms with Crippen LogP contribution in [0.3, 0.4) is 0 Å². The van der Waals surface area contributed by atoms with E-state index in [0.717, 1.165) is 6.42 Å². The number of unbranched alkanes of at least 4 members (excludes halogenated alkanes) is 14. The SMILES string of the molecule is CCCCCCCCCCCCCCCCCC1(O)OO1.[MgH2]. The van der Waals surface area contributed by atoms with E-state index in [-0.39, 0.29) is 23.1 Å². The van der Waals surface area contributed by atoms with Crippen LogP contribution in [0.5, 0.6) is 0 Å². The van der Waals surface area contributed by atoms with Gasteiger partial charge in [-0.05, 0) is 6.42 Å². The monoisotopic (exact) mass is 326 g/mol. The van der Waals surface area contributed by atoms with Gasteiger partial charge in [0.05, 0.1) is 0 Å². The van der Waals surface area contributed by atoms with Gasteiger partial charge in [0.25, 0.3) is 0 Å². The fraction of sp³-hybridized carbons (Fsp3) is 1.00. The molecule has 1 aliphatic heterocycles. The van der Waals surface area contributed by atoms with Crippen LogP contribution < -0.4 is 0 Å². The van der Waals surface area contributed by atoms with Gasteiger partial charge in [-0.2, -0.15) is 9.78 Å². The molecule has 4 heteroatoms. The van der Waals surface area contributed by atoms with E-state index < -0.39 is 5.97 Å². The van der Waals surface area contributed by atoms with E-state index in [4.69, 9.17) is 0 Å². The Labute approximate surface area is 153 Å². The van der Waals surface area contributed by atoms with Crippen molar-refractivity contribution in [1.82, 2.24) is 0 Å². The van der Waals surface area contributed by atoms with Gasteiger partial charge in [0.1, 0.15) is 0 Å². The first-order chi connectivity index (χ1) is 10.3. The van der Waals surface area contributed by atoms with Gasteiger partial charge in [-0.25, -0.2) is 0 Å². The molecule has 1 N–H and O–H groups in total. The van der Waals surface area contributed by atoms with Crippen LogP contribution in [0.1, 0.15) is 110 Å². The third-order valence-corrected chi connectivity index (χ3v) is 4.37. The molecule has 0 bridgehead atoms. The fourth-order valence-electron chi connectivity index (χ4n) is 2.85. The summed E-state index contributed by atoms with van der Waals surface area (Å²) in [5.41, 5.74) is 0. The van der Waals surface area contributed by atoms with Crippen LogP contribution in [0, 0.1) is 0 Å². The third-order valence-electron chi connectivity index (χ3n) is 4.37. The molecule has 0 aliphatic carbocycles. The van der Waals surface area contributed by atoms with Crippen molar-refractivity contribution >= 4 is 23.1 Å². The fourth-order valence-corrected chi connectivity index (χ4v) is 2.85. The summed E-state index contributed by atoms with van der Waals surface area (Å²) in [4.78, 5) is 8.94. The topological polar surface area (TPSA) is 45.3 Å². The Bertz CT molecular complexity index is 232. The maximum absolute atomic E-state index is 9.29. The highest BCUT2D eigenvalue weighted by Gasteiger charge is 2.46. The lowest BCUT2D eigenvalue weighted by molar-refractivity contribution is 0.0191. The van der Waals surface area contributed by atoms with E-state index in [1.165, 1.54) is 89.9 Å². The van der Waals surface area contributed by atoms with E-state index in [1.807, 2.05) is 0 Å². The second-order valence-electron chi connectivity index (χ2n) is 6.58. The average Bonchev–Trinajstić information content (AvgIpc) is 3.21. The second kappa shape index (κ2) is 15.2. The maximum atomic E-state index is 9.29. The molecule has 22 heavy (non-hydrogen) atoms. The van der Waals surface area contributed by atoms with E-state index in [1.54, 1.807) is 0 Å². The number of rotatable bonds is 16. The molecule has 1 aliphatic rings. The van der Waals surface area contributed by atoms with E-state index in [0.29, 0.717) is 6.42 Å². The molecule has 0 aromatic heterocycles. The zero-order valence-electron chi connectivity index (χ0n) is 14.1. The van der Waals surface area contributed by atoms with Crippen LogP contribution >= 0.6 is 0 Å². The summed E-state index contributed by atoms with van der Waals surface area (Å²) in [6.45, 7) is 2.28. The molecule has 0 aromatic carbocycles. The lowest BCUT2D eigenvalue weighted by atomic mass is 10.0. The number of aliphatic hydroxyl groups is 1. The van der Waals surface area contributed by atoms with E-state index in [2.05, 4.69) is 16.7 Å². The summed E-state index contributed by atoms with van der Waals surface area (Å²) in [6.07, 6.45) is 21.0. The molecule has 0 saturated carbocycles. The first-order valence-corrected chi connectivity index (χ1v) is 9.36. The highest BCUT2D eigenvalue weighted by atomic mass is 24.3. The molecule has 0 spiro atoms. The van der Waals surface area contributed by atoms with Gasteiger partial charge in [0.15, 0.2) is 0 Å². The van der Waals surface area contributed by atoms with Gasteiger partial charge in [0.2, 0.25) is 0 Å². The van der Waals surface area contributed by atoms with Crippen LogP contribution in [0.4, 0.5) is 0 Å². The Hall–Kier alpha value is 0.646. The molecule has 0 amide bonds. The van der Waals surface area contributed by atoms with Gasteiger partial charge in [0, 0.05) is 6.42 Å². The minimum absolute atomic E-state index is 0. The highest BCUT2D eigenvalue weighted by molar-refractivity contribution is 5.75. The maximum Gasteiger partial charge on any atom is 0.337 e. The first-order valence-electron chi connectivity index (χ1n) is 9.36. The molecule has 1 rings (SSSR count). The normalized spacial score (nSPS) is 15.5. The number of hydrogen-bond acceptors (Lipinski definition) is 3. The molecule has 130 valence electrons. The van der Waals surface area contributed by atoms with Crippen molar-refractivity contribution in [2.24, 2.45) is 0 Å². The van der Waals surface area contributed by atoms with Gasteiger partial charge in [-0.3, -0.25) is 0 Å². The summed E-state index contributed by atoms with van der Waals surface area (Å²) in [5, 5.41) is 9.29. The molecule has 3 nitrogen and oxygen atoms in total. The Balaban J connectivity index is 0.00000441. The molecule has 0 radical (unpaired) electrons. The Kier molecular flexibility index (Phi) is 15.6. The predicted molar refractivity (Wildman–Crippen MR) is 95.2 cm³/mol. The van der Waals surface area contributed by atoms with Crippen molar-refractivity contribution < 1.29 is 14.9 Å². The molecule has 0 unspecified atom stereocenters. The van der Waals surface area contributed by atoms with Gasteiger partial charge < -0.3 is 5.11 Å². The summed E-state index contributed by atoms with van der Waals surface area (Å²) >= 11 is 0. The first kappa shape index (κ1) is 22.6.